The lowest BCUT2D eigenvalue weighted by atomic mass is 9.99. The first-order chi connectivity index (χ1) is 9.40. The molecule has 1 aromatic rings. The summed E-state index contributed by atoms with van der Waals surface area (Å²) in [5.74, 6) is 1.08. The number of sulfonamides is 1. The van der Waals surface area contributed by atoms with Crippen molar-refractivity contribution in [2.24, 2.45) is 17.6 Å². The molecule has 0 spiro atoms. The predicted molar refractivity (Wildman–Crippen MR) is 80.7 cm³/mol. The SMILES string of the molecule is CC(N)c1ccc(S(=O)(=O)NCC2CCCC2C)cc1. The van der Waals surface area contributed by atoms with Gasteiger partial charge in [-0.25, -0.2) is 13.1 Å². The second kappa shape index (κ2) is 6.24. The standard InChI is InChI=1S/C15H24N2O2S/c1-11-4-3-5-14(11)10-17-20(18,19)15-8-6-13(7-9-15)12(2)16/h6-9,11-12,14,17H,3-5,10,16H2,1-2H3. The smallest absolute Gasteiger partial charge is 0.240 e. The lowest BCUT2D eigenvalue weighted by Crippen LogP contribution is -2.30. The van der Waals surface area contributed by atoms with Crippen LogP contribution in [-0.4, -0.2) is 15.0 Å². The number of hydrogen-bond donors (Lipinski definition) is 2. The lowest BCUT2D eigenvalue weighted by Gasteiger charge is -2.16. The molecule has 20 heavy (non-hydrogen) atoms. The zero-order chi connectivity index (χ0) is 14.8. The lowest BCUT2D eigenvalue weighted by molar-refractivity contribution is 0.414. The highest BCUT2D eigenvalue weighted by molar-refractivity contribution is 7.89. The molecule has 4 nitrogen and oxygen atoms in total. The molecule has 1 saturated carbocycles. The summed E-state index contributed by atoms with van der Waals surface area (Å²) < 4.78 is 27.2. The van der Waals surface area contributed by atoms with Crippen LogP contribution < -0.4 is 10.5 Å². The van der Waals surface area contributed by atoms with Crippen molar-refractivity contribution < 1.29 is 8.42 Å². The Labute approximate surface area is 121 Å². The minimum absolute atomic E-state index is 0.0842. The summed E-state index contributed by atoms with van der Waals surface area (Å²) in [6.45, 7) is 4.62. The third-order valence-corrected chi connectivity index (χ3v) is 5.73. The largest absolute Gasteiger partial charge is 0.324 e. The van der Waals surface area contributed by atoms with E-state index in [1.807, 2.05) is 6.92 Å². The van der Waals surface area contributed by atoms with Crippen LogP contribution in [0, 0.1) is 11.8 Å². The zero-order valence-corrected chi connectivity index (χ0v) is 13.0. The summed E-state index contributed by atoms with van der Waals surface area (Å²) in [4.78, 5) is 0.313. The Hall–Kier alpha value is -0.910. The van der Waals surface area contributed by atoms with E-state index in [2.05, 4.69) is 11.6 Å². The molecule has 0 aliphatic heterocycles. The molecule has 3 unspecified atom stereocenters. The Bertz CT molecular complexity index is 537. The Morgan fingerprint density at radius 2 is 1.95 bits per heavy atom. The molecule has 5 heteroatoms. The molecule has 1 aliphatic carbocycles. The van der Waals surface area contributed by atoms with Gasteiger partial charge in [-0.2, -0.15) is 0 Å². The van der Waals surface area contributed by atoms with E-state index in [1.54, 1.807) is 24.3 Å². The van der Waals surface area contributed by atoms with Gasteiger partial charge in [-0.05, 0) is 42.9 Å². The van der Waals surface area contributed by atoms with Crippen LogP contribution in [0.2, 0.25) is 0 Å². The maximum atomic E-state index is 12.2. The molecule has 1 aliphatic rings. The van der Waals surface area contributed by atoms with Crippen molar-refractivity contribution >= 4 is 10.0 Å². The summed E-state index contributed by atoms with van der Waals surface area (Å²) in [5, 5.41) is 0. The van der Waals surface area contributed by atoms with E-state index in [0.29, 0.717) is 23.3 Å². The molecule has 0 aromatic heterocycles. The first-order valence-corrected chi connectivity index (χ1v) is 8.73. The van der Waals surface area contributed by atoms with Crippen molar-refractivity contribution in [3.8, 4) is 0 Å². The Morgan fingerprint density at radius 3 is 2.45 bits per heavy atom. The number of benzene rings is 1. The highest BCUT2D eigenvalue weighted by Crippen LogP contribution is 2.30. The van der Waals surface area contributed by atoms with Crippen molar-refractivity contribution in [1.82, 2.24) is 4.72 Å². The van der Waals surface area contributed by atoms with Gasteiger partial charge in [0.1, 0.15) is 0 Å². The van der Waals surface area contributed by atoms with Gasteiger partial charge in [0.05, 0.1) is 4.90 Å². The second-order valence-electron chi connectivity index (χ2n) is 5.88. The van der Waals surface area contributed by atoms with Crippen LogP contribution in [0.4, 0.5) is 0 Å². The van der Waals surface area contributed by atoms with Crippen LogP contribution in [0.15, 0.2) is 29.2 Å². The Kier molecular flexibility index (Phi) is 4.83. The predicted octanol–water partition coefficient (Wildman–Crippen LogP) is 2.42. The molecular formula is C15H24N2O2S. The fourth-order valence-electron chi connectivity index (χ4n) is 2.78. The minimum atomic E-state index is -3.40. The maximum absolute atomic E-state index is 12.2. The van der Waals surface area contributed by atoms with Crippen molar-refractivity contribution in [3.05, 3.63) is 29.8 Å². The number of rotatable bonds is 5. The minimum Gasteiger partial charge on any atom is -0.324 e. The van der Waals surface area contributed by atoms with Gasteiger partial charge in [0.25, 0.3) is 0 Å². The third-order valence-electron chi connectivity index (χ3n) is 4.29. The van der Waals surface area contributed by atoms with E-state index in [4.69, 9.17) is 5.73 Å². The summed E-state index contributed by atoms with van der Waals surface area (Å²) >= 11 is 0. The number of nitrogens with one attached hydrogen (secondary N) is 1. The summed E-state index contributed by atoms with van der Waals surface area (Å²) in [6, 6.07) is 6.71. The number of hydrogen-bond acceptors (Lipinski definition) is 3. The van der Waals surface area contributed by atoms with E-state index >= 15 is 0 Å². The van der Waals surface area contributed by atoms with Gasteiger partial charge in [-0.1, -0.05) is 31.9 Å². The molecular weight excluding hydrogens is 272 g/mol. The van der Waals surface area contributed by atoms with Crippen LogP contribution in [0.1, 0.15) is 44.7 Å². The molecule has 3 N–H and O–H groups in total. The quantitative estimate of drug-likeness (QED) is 0.876. The first kappa shape index (κ1) is 15.5. The number of nitrogens with two attached hydrogens (primary N) is 1. The van der Waals surface area contributed by atoms with E-state index in [-0.39, 0.29) is 6.04 Å². The highest BCUT2D eigenvalue weighted by atomic mass is 32.2. The molecule has 2 rings (SSSR count). The van der Waals surface area contributed by atoms with Crippen molar-refractivity contribution in [1.29, 1.82) is 0 Å². The van der Waals surface area contributed by atoms with E-state index < -0.39 is 10.0 Å². The van der Waals surface area contributed by atoms with Gasteiger partial charge < -0.3 is 5.73 Å². The van der Waals surface area contributed by atoms with Gasteiger partial charge in [0.2, 0.25) is 10.0 Å². The molecule has 1 aromatic carbocycles. The van der Waals surface area contributed by atoms with Crippen LogP contribution in [-0.2, 0) is 10.0 Å². The molecule has 1 fully saturated rings. The van der Waals surface area contributed by atoms with Gasteiger partial charge in [0, 0.05) is 12.6 Å². The van der Waals surface area contributed by atoms with E-state index in [0.717, 1.165) is 12.0 Å². The fraction of sp³-hybridized carbons (Fsp3) is 0.600. The summed E-state index contributed by atoms with van der Waals surface area (Å²) in [5.41, 5.74) is 6.70. The van der Waals surface area contributed by atoms with Crippen molar-refractivity contribution in [2.75, 3.05) is 6.54 Å². The van der Waals surface area contributed by atoms with Gasteiger partial charge >= 0.3 is 0 Å². The van der Waals surface area contributed by atoms with Gasteiger partial charge in [-0.15, -0.1) is 0 Å². The average Bonchev–Trinajstić information content (AvgIpc) is 2.82. The second-order valence-corrected chi connectivity index (χ2v) is 7.64. The molecule has 112 valence electrons. The van der Waals surface area contributed by atoms with Crippen LogP contribution in [0.3, 0.4) is 0 Å². The highest BCUT2D eigenvalue weighted by Gasteiger charge is 2.25. The molecule has 0 radical (unpaired) electrons. The van der Waals surface area contributed by atoms with E-state index in [1.165, 1.54) is 12.8 Å². The topological polar surface area (TPSA) is 72.2 Å². The molecule has 0 bridgehead atoms. The van der Waals surface area contributed by atoms with Crippen LogP contribution in [0.25, 0.3) is 0 Å². The van der Waals surface area contributed by atoms with Crippen LogP contribution >= 0.6 is 0 Å². The summed E-state index contributed by atoms with van der Waals surface area (Å²) in [7, 11) is -3.40. The van der Waals surface area contributed by atoms with Crippen LogP contribution in [0.5, 0.6) is 0 Å². The van der Waals surface area contributed by atoms with Gasteiger partial charge in [0.15, 0.2) is 0 Å². The molecule has 0 saturated heterocycles. The maximum Gasteiger partial charge on any atom is 0.240 e. The zero-order valence-electron chi connectivity index (χ0n) is 12.2. The third kappa shape index (κ3) is 3.59. The monoisotopic (exact) mass is 296 g/mol. The fourth-order valence-corrected chi connectivity index (χ4v) is 3.87. The molecule has 0 amide bonds. The van der Waals surface area contributed by atoms with E-state index in [9.17, 15) is 8.42 Å². The Morgan fingerprint density at radius 1 is 1.30 bits per heavy atom. The first-order valence-electron chi connectivity index (χ1n) is 7.25. The summed E-state index contributed by atoms with van der Waals surface area (Å²) in [6.07, 6.45) is 3.53. The normalized spacial score (nSPS) is 24.8. The van der Waals surface area contributed by atoms with Crippen molar-refractivity contribution in [2.45, 2.75) is 44.0 Å². The molecule has 0 heterocycles. The van der Waals surface area contributed by atoms with Crippen molar-refractivity contribution in [3.63, 3.8) is 0 Å². The van der Waals surface area contributed by atoms with Gasteiger partial charge in [-0.3, -0.25) is 0 Å². The Balaban J connectivity index is 2.02. The molecule has 3 atom stereocenters. The average molecular weight is 296 g/mol.